The minimum Gasteiger partial charge on any atom is -0.463 e. The van der Waals surface area contributed by atoms with Crippen LogP contribution in [0.1, 0.15) is 5.76 Å². The molecule has 0 fully saturated rings. The second-order valence-electron chi connectivity index (χ2n) is 3.67. The van der Waals surface area contributed by atoms with Gasteiger partial charge in [-0.25, -0.2) is 5.43 Å². The molecule has 0 saturated carbocycles. The van der Waals surface area contributed by atoms with Crippen LogP contribution in [0.3, 0.4) is 0 Å². The molecule has 1 heterocycles. The summed E-state index contributed by atoms with van der Waals surface area (Å²) in [5, 5.41) is 6.78. The second-order valence-corrected chi connectivity index (χ2v) is 4.91. The van der Waals surface area contributed by atoms with Gasteiger partial charge < -0.3 is 9.73 Å². The maximum absolute atomic E-state index is 11.5. The Balaban J connectivity index is 1.74. The Labute approximate surface area is 124 Å². The van der Waals surface area contributed by atoms with Crippen LogP contribution in [-0.2, 0) is 4.79 Å². The number of anilines is 1. The number of nitrogens with one attached hydrogen (secondary N) is 2. The molecule has 0 unspecified atom stereocenters. The first kappa shape index (κ1) is 13.6. The van der Waals surface area contributed by atoms with Crippen LogP contribution < -0.4 is 10.7 Å². The summed E-state index contributed by atoms with van der Waals surface area (Å²) in [6.07, 6.45) is 2.99. The molecule has 6 heteroatoms. The molecule has 2 rings (SSSR count). The number of amides is 1. The predicted molar refractivity (Wildman–Crippen MR) is 82.1 cm³/mol. The van der Waals surface area contributed by atoms with Gasteiger partial charge in [0.1, 0.15) is 5.76 Å². The van der Waals surface area contributed by atoms with Gasteiger partial charge in [0.05, 0.1) is 19.0 Å². The Morgan fingerprint density at radius 1 is 1.32 bits per heavy atom. The standard InChI is InChI=1S/C13H12IN3O2/c14-10-3-5-11(6-4-10)15-9-13(18)17-16-8-12-2-1-7-19-12/h1-8,15H,9H2,(H,17,18)/b16-8-. The van der Waals surface area contributed by atoms with Crippen molar-refractivity contribution in [3.63, 3.8) is 0 Å². The Kier molecular flexibility index (Phi) is 4.96. The van der Waals surface area contributed by atoms with Crippen LogP contribution in [0.5, 0.6) is 0 Å². The number of halogens is 1. The van der Waals surface area contributed by atoms with E-state index >= 15 is 0 Å². The maximum atomic E-state index is 11.5. The van der Waals surface area contributed by atoms with E-state index in [0.717, 1.165) is 9.26 Å². The highest BCUT2D eigenvalue weighted by atomic mass is 127. The second kappa shape index (κ2) is 6.93. The average Bonchev–Trinajstić information content (AvgIpc) is 2.91. The van der Waals surface area contributed by atoms with Gasteiger partial charge in [0.15, 0.2) is 0 Å². The Morgan fingerprint density at radius 2 is 2.11 bits per heavy atom. The number of nitrogens with zero attached hydrogens (tertiary/aromatic N) is 1. The molecule has 0 aliphatic heterocycles. The first-order valence-corrected chi connectivity index (χ1v) is 6.67. The molecule has 98 valence electrons. The molecule has 2 aromatic rings. The van der Waals surface area contributed by atoms with Crippen LogP contribution >= 0.6 is 22.6 Å². The van der Waals surface area contributed by atoms with E-state index in [1.807, 2.05) is 24.3 Å². The van der Waals surface area contributed by atoms with Gasteiger partial charge in [0.2, 0.25) is 0 Å². The van der Waals surface area contributed by atoms with Crippen molar-refractivity contribution >= 4 is 40.4 Å². The lowest BCUT2D eigenvalue weighted by Gasteiger charge is -2.04. The number of carbonyl (C=O) groups excluding carboxylic acids is 1. The van der Waals surface area contributed by atoms with Gasteiger partial charge in [0.25, 0.3) is 5.91 Å². The quantitative estimate of drug-likeness (QED) is 0.484. The number of hydrogen-bond donors (Lipinski definition) is 2. The summed E-state index contributed by atoms with van der Waals surface area (Å²) in [4.78, 5) is 11.5. The van der Waals surface area contributed by atoms with Gasteiger partial charge in [0, 0.05) is 9.26 Å². The summed E-state index contributed by atoms with van der Waals surface area (Å²) in [5.74, 6) is 0.368. The van der Waals surface area contributed by atoms with Gasteiger partial charge in [-0.15, -0.1) is 0 Å². The summed E-state index contributed by atoms with van der Waals surface area (Å²) in [6, 6.07) is 11.3. The summed E-state index contributed by atoms with van der Waals surface area (Å²) in [7, 11) is 0. The molecule has 0 radical (unpaired) electrons. The van der Waals surface area contributed by atoms with E-state index in [-0.39, 0.29) is 12.5 Å². The lowest BCUT2D eigenvalue weighted by Crippen LogP contribution is -2.25. The number of hydrogen-bond acceptors (Lipinski definition) is 4. The maximum Gasteiger partial charge on any atom is 0.259 e. The molecule has 2 N–H and O–H groups in total. The van der Waals surface area contributed by atoms with Crippen LogP contribution in [0.2, 0.25) is 0 Å². The van der Waals surface area contributed by atoms with Gasteiger partial charge >= 0.3 is 0 Å². The molecule has 0 aliphatic rings. The molecule has 0 aliphatic carbocycles. The normalized spacial score (nSPS) is 10.6. The summed E-state index contributed by atoms with van der Waals surface area (Å²) in [5.41, 5.74) is 3.30. The summed E-state index contributed by atoms with van der Waals surface area (Å²) in [6.45, 7) is 0.163. The largest absolute Gasteiger partial charge is 0.463 e. The minimum atomic E-state index is -0.221. The van der Waals surface area contributed by atoms with E-state index in [2.05, 4.69) is 38.4 Å². The number of carbonyl (C=O) groups is 1. The van der Waals surface area contributed by atoms with Crippen molar-refractivity contribution < 1.29 is 9.21 Å². The molecule has 0 spiro atoms. The molecule has 1 aromatic carbocycles. The van der Waals surface area contributed by atoms with Gasteiger partial charge in [-0.2, -0.15) is 5.10 Å². The molecule has 5 nitrogen and oxygen atoms in total. The highest BCUT2D eigenvalue weighted by molar-refractivity contribution is 14.1. The third-order valence-corrected chi connectivity index (χ3v) is 2.94. The third kappa shape index (κ3) is 4.74. The Morgan fingerprint density at radius 3 is 2.79 bits per heavy atom. The van der Waals surface area contributed by atoms with E-state index in [4.69, 9.17) is 4.42 Å². The van der Waals surface area contributed by atoms with E-state index in [9.17, 15) is 4.79 Å². The lowest BCUT2D eigenvalue weighted by molar-refractivity contribution is -0.119. The Bertz CT molecular complexity index is 550. The fourth-order valence-corrected chi connectivity index (χ4v) is 1.68. The van der Waals surface area contributed by atoms with Gasteiger partial charge in [-0.1, -0.05) is 0 Å². The number of hydrazone groups is 1. The van der Waals surface area contributed by atoms with E-state index in [0.29, 0.717) is 5.76 Å². The van der Waals surface area contributed by atoms with Crippen molar-refractivity contribution in [2.24, 2.45) is 5.10 Å². The molecule has 1 aromatic heterocycles. The zero-order valence-electron chi connectivity index (χ0n) is 9.97. The van der Waals surface area contributed by atoms with E-state index < -0.39 is 0 Å². The number of furan rings is 1. The highest BCUT2D eigenvalue weighted by Crippen LogP contribution is 2.10. The first-order chi connectivity index (χ1) is 9.24. The smallest absolute Gasteiger partial charge is 0.259 e. The fraction of sp³-hybridized carbons (Fsp3) is 0.0769. The van der Waals surface area contributed by atoms with E-state index in [1.165, 1.54) is 6.21 Å². The number of benzene rings is 1. The molecular formula is C13H12IN3O2. The van der Waals surface area contributed by atoms with Crippen molar-refractivity contribution in [1.82, 2.24) is 5.43 Å². The molecule has 1 amide bonds. The minimum absolute atomic E-state index is 0.163. The SMILES string of the molecule is O=C(CNc1ccc(I)cc1)N/N=C\c1ccco1. The van der Waals surface area contributed by atoms with E-state index in [1.54, 1.807) is 18.4 Å². The van der Waals surface area contributed by atoms with Crippen LogP contribution in [-0.4, -0.2) is 18.7 Å². The molecule has 0 saturated heterocycles. The van der Waals surface area contributed by atoms with Crippen LogP contribution in [0, 0.1) is 3.57 Å². The first-order valence-electron chi connectivity index (χ1n) is 5.59. The van der Waals surface area contributed by atoms with Crippen LogP contribution in [0.15, 0.2) is 52.2 Å². The molecule has 0 atom stereocenters. The third-order valence-electron chi connectivity index (χ3n) is 2.22. The monoisotopic (exact) mass is 369 g/mol. The molecule has 19 heavy (non-hydrogen) atoms. The van der Waals surface area contributed by atoms with Crippen molar-refractivity contribution in [2.75, 3.05) is 11.9 Å². The topological polar surface area (TPSA) is 66.6 Å². The molecular weight excluding hydrogens is 357 g/mol. The predicted octanol–water partition coefficient (Wildman–Crippen LogP) is 2.45. The summed E-state index contributed by atoms with van der Waals surface area (Å²) >= 11 is 2.23. The average molecular weight is 369 g/mol. The van der Waals surface area contributed by atoms with Crippen molar-refractivity contribution in [1.29, 1.82) is 0 Å². The van der Waals surface area contributed by atoms with Crippen LogP contribution in [0.25, 0.3) is 0 Å². The zero-order valence-corrected chi connectivity index (χ0v) is 12.1. The highest BCUT2D eigenvalue weighted by Gasteiger charge is 1.99. The Hall–Kier alpha value is -1.83. The van der Waals surface area contributed by atoms with Crippen molar-refractivity contribution in [3.05, 3.63) is 52.0 Å². The lowest BCUT2D eigenvalue weighted by atomic mass is 10.3. The van der Waals surface area contributed by atoms with Gasteiger partial charge in [-0.3, -0.25) is 4.79 Å². The molecule has 0 bridgehead atoms. The fourth-order valence-electron chi connectivity index (χ4n) is 1.32. The summed E-state index contributed by atoms with van der Waals surface area (Å²) < 4.78 is 6.19. The number of rotatable bonds is 5. The van der Waals surface area contributed by atoms with Crippen LogP contribution in [0.4, 0.5) is 5.69 Å². The van der Waals surface area contributed by atoms with Gasteiger partial charge in [-0.05, 0) is 59.0 Å². The zero-order chi connectivity index (χ0) is 13.5. The van der Waals surface area contributed by atoms with Crippen molar-refractivity contribution in [3.8, 4) is 0 Å². The van der Waals surface area contributed by atoms with Crippen molar-refractivity contribution in [2.45, 2.75) is 0 Å².